The molecule has 3 heteroatoms. The summed E-state index contributed by atoms with van der Waals surface area (Å²) in [4.78, 5) is 26.3. The van der Waals surface area contributed by atoms with Crippen molar-refractivity contribution in [2.45, 2.75) is 13.8 Å². The van der Waals surface area contributed by atoms with Gasteiger partial charge in [0.15, 0.2) is 0 Å². The number of hydrogen-bond donors (Lipinski definition) is 0. The third kappa shape index (κ3) is 1.73. The minimum absolute atomic E-state index is 0.178. The Hall–Kier alpha value is -2.16. The van der Waals surface area contributed by atoms with Crippen LogP contribution in [0.3, 0.4) is 0 Å². The molecule has 1 heterocycles. The normalized spacial score (nSPS) is 14.6. The van der Waals surface area contributed by atoms with Gasteiger partial charge in [-0.1, -0.05) is 38.1 Å². The predicted molar refractivity (Wildman–Crippen MR) is 74.2 cm³/mol. The summed E-state index contributed by atoms with van der Waals surface area (Å²) >= 11 is 0. The van der Waals surface area contributed by atoms with E-state index in [2.05, 4.69) is 0 Å². The fourth-order valence-electron chi connectivity index (χ4n) is 2.61. The number of benzene rings is 2. The minimum Gasteiger partial charge on any atom is -0.274 e. The van der Waals surface area contributed by atoms with E-state index in [1.807, 2.05) is 38.1 Å². The van der Waals surface area contributed by atoms with Gasteiger partial charge >= 0.3 is 0 Å². The van der Waals surface area contributed by atoms with Crippen LogP contribution in [0.5, 0.6) is 0 Å². The molecule has 0 radical (unpaired) electrons. The Morgan fingerprint density at radius 1 is 0.947 bits per heavy atom. The monoisotopic (exact) mass is 253 g/mol. The van der Waals surface area contributed by atoms with Gasteiger partial charge in [0.1, 0.15) is 0 Å². The molecule has 0 fully saturated rings. The first-order valence-electron chi connectivity index (χ1n) is 6.47. The lowest BCUT2D eigenvalue weighted by Crippen LogP contribution is -2.42. The number of rotatable bonds is 2. The van der Waals surface area contributed by atoms with Crippen molar-refractivity contribution >= 4 is 22.6 Å². The van der Waals surface area contributed by atoms with Gasteiger partial charge in [0.25, 0.3) is 11.8 Å². The van der Waals surface area contributed by atoms with Crippen LogP contribution in [0.15, 0.2) is 36.4 Å². The average Bonchev–Trinajstić information content (AvgIpc) is 2.40. The summed E-state index contributed by atoms with van der Waals surface area (Å²) in [7, 11) is 0. The molecule has 2 aromatic rings. The molecule has 1 aliphatic rings. The van der Waals surface area contributed by atoms with Gasteiger partial charge in [-0.25, -0.2) is 0 Å². The first-order valence-corrected chi connectivity index (χ1v) is 6.47. The molecule has 0 saturated carbocycles. The standard InChI is InChI=1S/C16H15NO2/c1-10(2)9-17-15(18)12-7-3-5-11-6-4-8-13(14(11)12)16(17)19/h3-8,10H,9H2,1-2H3. The Balaban J connectivity index is 2.25. The summed E-state index contributed by atoms with van der Waals surface area (Å²) < 4.78 is 0. The van der Waals surface area contributed by atoms with Crippen LogP contribution in [-0.4, -0.2) is 23.3 Å². The molecule has 3 nitrogen and oxygen atoms in total. The molecule has 0 aliphatic carbocycles. The molecule has 0 spiro atoms. The molecule has 0 atom stereocenters. The summed E-state index contributed by atoms with van der Waals surface area (Å²) in [5.41, 5.74) is 1.27. The van der Waals surface area contributed by atoms with Crippen molar-refractivity contribution in [3.05, 3.63) is 47.5 Å². The van der Waals surface area contributed by atoms with Crippen LogP contribution in [0, 0.1) is 5.92 Å². The number of carbonyl (C=O) groups excluding carboxylic acids is 2. The molecule has 96 valence electrons. The van der Waals surface area contributed by atoms with Crippen molar-refractivity contribution < 1.29 is 9.59 Å². The van der Waals surface area contributed by atoms with E-state index in [9.17, 15) is 9.59 Å². The van der Waals surface area contributed by atoms with Crippen molar-refractivity contribution in [2.24, 2.45) is 5.92 Å². The van der Waals surface area contributed by atoms with Crippen molar-refractivity contribution in [3.63, 3.8) is 0 Å². The topological polar surface area (TPSA) is 37.4 Å². The van der Waals surface area contributed by atoms with E-state index >= 15 is 0 Å². The van der Waals surface area contributed by atoms with Crippen molar-refractivity contribution in [2.75, 3.05) is 6.54 Å². The molecule has 19 heavy (non-hydrogen) atoms. The van der Waals surface area contributed by atoms with Gasteiger partial charge in [0, 0.05) is 23.1 Å². The number of hydrogen-bond acceptors (Lipinski definition) is 2. The fourth-order valence-corrected chi connectivity index (χ4v) is 2.61. The minimum atomic E-state index is -0.178. The molecule has 2 aromatic carbocycles. The highest BCUT2D eigenvalue weighted by Crippen LogP contribution is 2.30. The summed E-state index contributed by atoms with van der Waals surface area (Å²) in [5.74, 6) is -0.0941. The first kappa shape index (κ1) is 11.9. The largest absolute Gasteiger partial charge is 0.274 e. The number of carbonyl (C=O) groups is 2. The van der Waals surface area contributed by atoms with Crippen molar-refractivity contribution in [3.8, 4) is 0 Å². The summed E-state index contributed by atoms with van der Waals surface area (Å²) in [6.45, 7) is 4.46. The van der Waals surface area contributed by atoms with Crippen molar-refractivity contribution in [1.29, 1.82) is 0 Å². The Bertz CT molecular complexity index is 637. The molecule has 2 amide bonds. The van der Waals surface area contributed by atoms with E-state index in [0.29, 0.717) is 17.7 Å². The van der Waals surface area contributed by atoms with Crippen molar-refractivity contribution in [1.82, 2.24) is 4.90 Å². The molecule has 0 unspecified atom stereocenters. The van der Waals surface area contributed by atoms with Crippen LogP contribution in [-0.2, 0) is 0 Å². The van der Waals surface area contributed by atoms with E-state index in [-0.39, 0.29) is 17.7 Å². The zero-order valence-corrected chi connectivity index (χ0v) is 11.0. The second-order valence-corrected chi connectivity index (χ2v) is 5.32. The highest BCUT2D eigenvalue weighted by molar-refractivity contribution is 6.25. The molecular weight excluding hydrogens is 238 g/mol. The first-order chi connectivity index (χ1) is 9.09. The maximum absolute atomic E-state index is 12.5. The maximum atomic E-state index is 12.5. The van der Waals surface area contributed by atoms with E-state index in [1.165, 1.54) is 4.90 Å². The van der Waals surface area contributed by atoms with Crippen LogP contribution in [0.1, 0.15) is 34.6 Å². The predicted octanol–water partition coefficient (Wildman–Crippen LogP) is 3.09. The van der Waals surface area contributed by atoms with Gasteiger partial charge in [-0.3, -0.25) is 14.5 Å². The van der Waals surface area contributed by atoms with Crippen LogP contribution < -0.4 is 0 Å². The zero-order chi connectivity index (χ0) is 13.6. The number of imide groups is 1. The lowest BCUT2D eigenvalue weighted by molar-refractivity contribution is 0.0592. The summed E-state index contributed by atoms with van der Waals surface area (Å²) in [6, 6.07) is 11.2. The third-order valence-electron chi connectivity index (χ3n) is 3.40. The number of nitrogens with zero attached hydrogens (tertiary/aromatic N) is 1. The second kappa shape index (κ2) is 4.19. The molecule has 0 saturated heterocycles. The van der Waals surface area contributed by atoms with E-state index in [0.717, 1.165) is 10.8 Å². The van der Waals surface area contributed by atoms with Gasteiger partial charge in [-0.05, 0) is 23.4 Å². The SMILES string of the molecule is CC(C)CN1C(=O)c2cccc3cccc(c23)C1=O. The lowest BCUT2D eigenvalue weighted by Gasteiger charge is -2.28. The summed E-state index contributed by atoms with van der Waals surface area (Å²) in [5, 5.41) is 1.74. The Morgan fingerprint density at radius 2 is 1.47 bits per heavy atom. The van der Waals surface area contributed by atoms with Gasteiger partial charge in [0.2, 0.25) is 0 Å². The van der Waals surface area contributed by atoms with Gasteiger partial charge < -0.3 is 0 Å². The Labute approximate surface area is 111 Å². The van der Waals surface area contributed by atoms with E-state index < -0.39 is 0 Å². The molecule has 1 aliphatic heterocycles. The van der Waals surface area contributed by atoms with E-state index in [1.54, 1.807) is 12.1 Å². The second-order valence-electron chi connectivity index (χ2n) is 5.32. The smallest absolute Gasteiger partial charge is 0.261 e. The third-order valence-corrected chi connectivity index (χ3v) is 3.40. The van der Waals surface area contributed by atoms with Gasteiger partial charge in [0.05, 0.1) is 0 Å². The van der Waals surface area contributed by atoms with E-state index in [4.69, 9.17) is 0 Å². The molecule has 0 aromatic heterocycles. The van der Waals surface area contributed by atoms with Crippen LogP contribution in [0.25, 0.3) is 10.8 Å². The summed E-state index contributed by atoms with van der Waals surface area (Å²) in [6.07, 6.45) is 0. The Morgan fingerprint density at radius 3 is 1.95 bits per heavy atom. The van der Waals surface area contributed by atoms with Gasteiger partial charge in [-0.2, -0.15) is 0 Å². The molecule has 3 rings (SSSR count). The zero-order valence-electron chi connectivity index (χ0n) is 11.0. The molecule has 0 bridgehead atoms. The number of amides is 2. The fraction of sp³-hybridized carbons (Fsp3) is 0.250. The maximum Gasteiger partial charge on any atom is 0.261 e. The highest BCUT2D eigenvalue weighted by atomic mass is 16.2. The van der Waals surface area contributed by atoms with Crippen LogP contribution in [0.2, 0.25) is 0 Å². The Kier molecular flexibility index (Phi) is 2.63. The molecule has 0 N–H and O–H groups in total. The lowest BCUT2D eigenvalue weighted by atomic mass is 9.93. The average molecular weight is 253 g/mol. The quantitative estimate of drug-likeness (QED) is 0.771. The highest BCUT2D eigenvalue weighted by Gasteiger charge is 2.32. The van der Waals surface area contributed by atoms with Crippen LogP contribution in [0.4, 0.5) is 0 Å². The molecular formula is C16H15NO2. The van der Waals surface area contributed by atoms with Gasteiger partial charge in [-0.15, -0.1) is 0 Å². The van der Waals surface area contributed by atoms with Crippen LogP contribution >= 0.6 is 0 Å².